The fraction of sp³-hybridized carbons (Fsp3) is 0.308. The number of pyridine rings is 1. The van der Waals surface area contributed by atoms with Gasteiger partial charge in [-0.25, -0.2) is 9.36 Å². The highest BCUT2D eigenvalue weighted by molar-refractivity contribution is 5.44. The summed E-state index contributed by atoms with van der Waals surface area (Å²) < 4.78 is 7.01. The Bertz CT molecular complexity index is 679. The van der Waals surface area contributed by atoms with Crippen LogP contribution in [0.25, 0.3) is 5.82 Å². The number of H-pyrrole nitrogens is 2. The Hall–Kier alpha value is -2.16. The lowest BCUT2D eigenvalue weighted by atomic mass is 10.3. The van der Waals surface area contributed by atoms with Crippen LogP contribution in [0.2, 0.25) is 0 Å². The Morgan fingerprint density at radius 2 is 1.73 bits per heavy atom. The molecule has 0 aliphatic carbocycles. The second kappa shape index (κ2) is 7.74. The Balaban J connectivity index is 0.00000121. The van der Waals surface area contributed by atoms with Gasteiger partial charge in [-0.05, 0) is 0 Å². The fourth-order valence-electron chi connectivity index (χ4n) is 2.21. The molecule has 1 fully saturated rings. The quantitative estimate of drug-likeness (QED) is 0.540. The smallest absolute Gasteiger partial charge is 0.413 e. The number of aromatic nitrogens is 3. The molecular formula is C13H17ClN4O4. The zero-order valence-corrected chi connectivity index (χ0v) is 12.5. The van der Waals surface area contributed by atoms with Gasteiger partial charge in [0.15, 0.2) is 0 Å². The van der Waals surface area contributed by atoms with E-state index in [1.165, 1.54) is 6.07 Å². The third kappa shape index (κ3) is 3.94. The minimum atomic E-state index is -0.516. The van der Waals surface area contributed by atoms with Crippen LogP contribution < -0.4 is 33.1 Å². The van der Waals surface area contributed by atoms with Gasteiger partial charge in [-0.1, -0.05) is 0 Å². The van der Waals surface area contributed by atoms with E-state index in [1.54, 1.807) is 4.57 Å². The van der Waals surface area contributed by atoms with Gasteiger partial charge in [-0.15, -0.1) is 0 Å². The van der Waals surface area contributed by atoms with Crippen LogP contribution in [0.4, 0.5) is 5.69 Å². The maximum Gasteiger partial charge on any atom is 0.413 e. The van der Waals surface area contributed by atoms with Gasteiger partial charge >= 0.3 is 5.69 Å². The van der Waals surface area contributed by atoms with Crippen LogP contribution in [0.5, 0.6) is 0 Å². The average molecular weight is 329 g/mol. The summed E-state index contributed by atoms with van der Waals surface area (Å²) in [5.41, 5.74) is 0.155. The molecule has 4 N–H and O–H groups in total. The molecule has 9 heteroatoms. The summed E-state index contributed by atoms with van der Waals surface area (Å²) in [6.07, 6.45) is 3.63. The molecule has 0 spiro atoms. The Labute approximate surface area is 132 Å². The van der Waals surface area contributed by atoms with Gasteiger partial charge in [0.25, 0.3) is 11.4 Å². The SMILES string of the molecule is O.O=c1cc(-[n+]2ccc(N3CCOCC3)cc2)[nH]c(=O)[nH]1.[Cl-]. The van der Waals surface area contributed by atoms with E-state index in [2.05, 4.69) is 14.9 Å². The second-order valence-electron chi connectivity index (χ2n) is 4.54. The van der Waals surface area contributed by atoms with Gasteiger partial charge in [0.2, 0.25) is 0 Å². The summed E-state index contributed by atoms with van der Waals surface area (Å²) in [7, 11) is 0. The summed E-state index contributed by atoms with van der Waals surface area (Å²) in [4.78, 5) is 29.5. The van der Waals surface area contributed by atoms with Gasteiger partial charge in [-0.3, -0.25) is 9.78 Å². The van der Waals surface area contributed by atoms with Gasteiger partial charge in [0, 0.05) is 30.9 Å². The summed E-state index contributed by atoms with van der Waals surface area (Å²) in [5.74, 6) is 0.437. The maximum atomic E-state index is 11.3. The first-order valence-electron chi connectivity index (χ1n) is 6.40. The van der Waals surface area contributed by atoms with Crippen molar-refractivity contribution in [1.29, 1.82) is 0 Å². The van der Waals surface area contributed by atoms with E-state index in [0.717, 1.165) is 32.0 Å². The molecule has 0 radical (unpaired) electrons. The van der Waals surface area contributed by atoms with Crippen molar-refractivity contribution in [3.63, 3.8) is 0 Å². The van der Waals surface area contributed by atoms with E-state index in [9.17, 15) is 9.59 Å². The number of nitrogens with one attached hydrogen (secondary N) is 2. The first kappa shape index (κ1) is 17.9. The molecule has 3 heterocycles. The maximum absolute atomic E-state index is 11.3. The second-order valence-corrected chi connectivity index (χ2v) is 4.54. The largest absolute Gasteiger partial charge is 1.00 e. The molecule has 0 saturated carbocycles. The predicted octanol–water partition coefficient (Wildman–Crippen LogP) is -4.64. The Morgan fingerprint density at radius 1 is 1.09 bits per heavy atom. The van der Waals surface area contributed by atoms with Crippen LogP contribution in [-0.2, 0) is 4.74 Å². The minimum absolute atomic E-state index is 0. The molecule has 8 nitrogen and oxygen atoms in total. The molecule has 1 saturated heterocycles. The third-order valence-corrected chi connectivity index (χ3v) is 3.21. The van der Waals surface area contributed by atoms with Crippen LogP contribution in [0.1, 0.15) is 0 Å². The lowest BCUT2D eigenvalue weighted by Gasteiger charge is -2.28. The van der Waals surface area contributed by atoms with E-state index in [1.807, 2.05) is 24.5 Å². The van der Waals surface area contributed by atoms with E-state index in [-0.39, 0.29) is 17.9 Å². The third-order valence-electron chi connectivity index (χ3n) is 3.21. The number of aromatic amines is 2. The molecule has 1 aliphatic rings. The Kier molecular flexibility index (Phi) is 6.29. The standard InChI is InChI=1S/C13H14N4O3.ClH.H2O/c18-12-9-11(14-13(19)15-12)17-3-1-10(2-4-17)16-5-7-20-8-6-16;;/h1-4,9H,5-8H2,(H-,14,15,18,19);1H;1H2. The molecule has 2 aromatic heterocycles. The lowest BCUT2D eigenvalue weighted by Crippen LogP contribution is -3.00. The number of hydrogen-bond donors (Lipinski definition) is 2. The highest BCUT2D eigenvalue weighted by Crippen LogP contribution is 2.13. The summed E-state index contributed by atoms with van der Waals surface area (Å²) in [6.45, 7) is 3.20. The summed E-state index contributed by atoms with van der Waals surface area (Å²) in [6, 6.07) is 5.24. The van der Waals surface area contributed by atoms with E-state index in [4.69, 9.17) is 4.74 Å². The first-order chi connectivity index (χ1) is 9.72. The predicted molar refractivity (Wildman–Crippen MR) is 75.9 cm³/mol. The highest BCUT2D eigenvalue weighted by Gasteiger charge is 2.13. The van der Waals surface area contributed by atoms with Crippen LogP contribution in [0.3, 0.4) is 0 Å². The van der Waals surface area contributed by atoms with Crippen molar-refractivity contribution in [3.05, 3.63) is 51.4 Å². The van der Waals surface area contributed by atoms with Crippen molar-refractivity contribution in [2.75, 3.05) is 31.2 Å². The van der Waals surface area contributed by atoms with E-state index >= 15 is 0 Å². The molecule has 22 heavy (non-hydrogen) atoms. The summed E-state index contributed by atoms with van der Waals surface area (Å²) >= 11 is 0. The number of nitrogens with zero attached hydrogens (tertiary/aromatic N) is 2. The van der Waals surface area contributed by atoms with Crippen molar-refractivity contribution < 1.29 is 27.2 Å². The highest BCUT2D eigenvalue weighted by atomic mass is 35.5. The number of anilines is 1. The monoisotopic (exact) mass is 328 g/mol. The molecule has 0 bridgehead atoms. The first-order valence-corrected chi connectivity index (χ1v) is 6.40. The number of halogens is 1. The molecule has 0 aromatic carbocycles. The van der Waals surface area contributed by atoms with Crippen molar-refractivity contribution in [2.45, 2.75) is 0 Å². The topological polar surface area (TPSA) is 114 Å². The van der Waals surface area contributed by atoms with Crippen LogP contribution in [-0.4, -0.2) is 41.7 Å². The summed E-state index contributed by atoms with van der Waals surface area (Å²) in [5, 5.41) is 0. The van der Waals surface area contributed by atoms with Crippen molar-refractivity contribution in [1.82, 2.24) is 9.97 Å². The van der Waals surface area contributed by atoms with Gasteiger partial charge in [-0.2, -0.15) is 4.98 Å². The van der Waals surface area contributed by atoms with E-state index in [0.29, 0.717) is 5.82 Å². The number of morpholine rings is 1. The number of rotatable bonds is 2. The zero-order valence-electron chi connectivity index (χ0n) is 11.7. The van der Waals surface area contributed by atoms with Crippen molar-refractivity contribution in [3.8, 4) is 5.82 Å². The van der Waals surface area contributed by atoms with Crippen molar-refractivity contribution >= 4 is 5.69 Å². The normalized spacial score (nSPS) is 13.9. The molecule has 0 amide bonds. The zero-order chi connectivity index (χ0) is 13.9. The van der Waals surface area contributed by atoms with Gasteiger partial charge in [0.05, 0.1) is 31.7 Å². The average Bonchev–Trinajstić information content (AvgIpc) is 2.47. The van der Waals surface area contributed by atoms with Crippen LogP contribution in [0.15, 0.2) is 40.2 Å². The van der Waals surface area contributed by atoms with Crippen LogP contribution in [0, 0.1) is 0 Å². The number of hydrogen-bond acceptors (Lipinski definition) is 4. The van der Waals surface area contributed by atoms with E-state index < -0.39 is 11.2 Å². The molecular weight excluding hydrogens is 312 g/mol. The molecule has 1 aliphatic heterocycles. The molecule has 3 rings (SSSR count). The lowest BCUT2D eigenvalue weighted by molar-refractivity contribution is -0.599. The van der Waals surface area contributed by atoms with Gasteiger partial charge in [0.1, 0.15) is 0 Å². The molecule has 0 atom stereocenters. The van der Waals surface area contributed by atoms with Crippen molar-refractivity contribution in [2.24, 2.45) is 0 Å². The molecule has 120 valence electrons. The Morgan fingerprint density at radius 3 is 2.32 bits per heavy atom. The fourth-order valence-corrected chi connectivity index (χ4v) is 2.21. The molecule has 0 unspecified atom stereocenters. The van der Waals surface area contributed by atoms with Crippen LogP contribution >= 0.6 is 0 Å². The molecule has 2 aromatic rings. The van der Waals surface area contributed by atoms with Gasteiger partial charge < -0.3 is 27.5 Å². The minimum Gasteiger partial charge on any atom is -1.00 e. The number of ether oxygens (including phenoxy) is 1.